The van der Waals surface area contributed by atoms with Gasteiger partial charge in [-0.2, -0.15) is 0 Å². The number of esters is 1. The van der Waals surface area contributed by atoms with Gasteiger partial charge in [-0.1, -0.05) is 17.7 Å². The normalized spacial score (nSPS) is 10.2. The van der Waals surface area contributed by atoms with Crippen LogP contribution in [-0.2, 0) is 14.3 Å². The third kappa shape index (κ3) is 7.54. The SMILES string of the molecule is COc1cc(C)ccc1OCC(=O)OCC(=O)N(C)CCOc1ccc(Cl)cc1. The number of nitrogens with zero attached hydrogens (tertiary/aromatic N) is 1. The predicted molar refractivity (Wildman–Crippen MR) is 109 cm³/mol. The maximum Gasteiger partial charge on any atom is 0.344 e. The minimum atomic E-state index is -0.646. The molecule has 0 spiro atoms. The Balaban J connectivity index is 1.68. The van der Waals surface area contributed by atoms with E-state index in [1.54, 1.807) is 43.4 Å². The summed E-state index contributed by atoms with van der Waals surface area (Å²) < 4.78 is 21.1. The van der Waals surface area contributed by atoms with Gasteiger partial charge in [-0.05, 0) is 48.9 Å². The average Bonchev–Trinajstić information content (AvgIpc) is 2.72. The second kappa shape index (κ2) is 11.2. The molecule has 0 aliphatic carbocycles. The highest BCUT2D eigenvalue weighted by molar-refractivity contribution is 6.30. The van der Waals surface area contributed by atoms with Crippen LogP contribution in [0.3, 0.4) is 0 Å². The van der Waals surface area contributed by atoms with Gasteiger partial charge in [0.15, 0.2) is 24.7 Å². The molecule has 0 saturated heterocycles. The molecular formula is C21H24ClNO6. The zero-order valence-electron chi connectivity index (χ0n) is 16.6. The van der Waals surface area contributed by atoms with Gasteiger partial charge in [-0.15, -0.1) is 0 Å². The van der Waals surface area contributed by atoms with E-state index in [0.717, 1.165) is 5.56 Å². The van der Waals surface area contributed by atoms with Crippen LogP contribution in [0.25, 0.3) is 0 Å². The van der Waals surface area contributed by atoms with Crippen molar-refractivity contribution < 1.29 is 28.5 Å². The van der Waals surface area contributed by atoms with Crippen LogP contribution >= 0.6 is 11.6 Å². The number of methoxy groups -OCH3 is 1. The van der Waals surface area contributed by atoms with Crippen molar-refractivity contribution in [3.05, 3.63) is 53.1 Å². The molecule has 0 fully saturated rings. The molecule has 0 aliphatic heterocycles. The summed E-state index contributed by atoms with van der Waals surface area (Å²) in [6, 6.07) is 12.3. The Kier molecular flexibility index (Phi) is 8.61. The quantitative estimate of drug-likeness (QED) is 0.549. The van der Waals surface area contributed by atoms with Crippen molar-refractivity contribution in [1.29, 1.82) is 0 Å². The highest BCUT2D eigenvalue weighted by Crippen LogP contribution is 2.27. The first-order chi connectivity index (χ1) is 13.9. The van der Waals surface area contributed by atoms with Gasteiger partial charge in [0, 0.05) is 12.1 Å². The maximum absolute atomic E-state index is 12.1. The number of carbonyl (C=O) groups excluding carboxylic acids is 2. The van der Waals surface area contributed by atoms with Crippen molar-refractivity contribution >= 4 is 23.5 Å². The van der Waals surface area contributed by atoms with Gasteiger partial charge in [0.05, 0.1) is 13.7 Å². The molecule has 0 aliphatic rings. The lowest BCUT2D eigenvalue weighted by molar-refractivity contribution is -0.153. The Morgan fingerprint density at radius 1 is 1.00 bits per heavy atom. The van der Waals surface area contributed by atoms with Crippen molar-refractivity contribution in [3.63, 3.8) is 0 Å². The van der Waals surface area contributed by atoms with E-state index in [9.17, 15) is 9.59 Å². The molecule has 0 N–H and O–H groups in total. The Hall–Kier alpha value is -2.93. The van der Waals surface area contributed by atoms with Crippen LogP contribution in [0.15, 0.2) is 42.5 Å². The van der Waals surface area contributed by atoms with E-state index >= 15 is 0 Å². The molecule has 7 nitrogen and oxygen atoms in total. The Morgan fingerprint density at radius 3 is 2.41 bits per heavy atom. The van der Waals surface area contributed by atoms with Gasteiger partial charge >= 0.3 is 5.97 Å². The first kappa shape index (κ1) is 22.4. The molecule has 0 atom stereocenters. The van der Waals surface area contributed by atoms with E-state index in [4.69, 9.17) is 30.5 Å². The minimum absolute atomic E-state index is 0.300. The molecule has 2 rings (SSSR count). The molecule has 29 heavy (non-hydrogen) atoms. The number of amides is 1. The fourth-order valence-electron chi connectivity index (χ4n) is 2.28. The Labute approximate surface area is 175 Å². The highest BCUT2D eigenvalue weighted by atomic mass is 35.5. The molecule has 0 saturated carbocycles. The van der Waals surface area contributed by atoms with Crippen LogP contribution in [0.4, 0.5) is 0 Å². The van der Waals surface area contributed by atoms with Crippen LogP contribution in [0.2, 0.25) is 5.02 Å². The number of hydrogen-bond donors (Lipinski definition) is 0. The van der Waals surface area contributed by atoms with Gasteiger partial charge < -0.3 is 23.8 Å². The smallest absolute Gasteiger partial charge is 0.344 e. The summed E-state index contributed by atoms with van der Waals surface area (Å²) in [5.74, 6) is 0.621. The highest BCUT2D eigenvalue weighted by Gasteiger charge is 2.14. The maximum atomic E-state index is 12.1. The average molecular weight is 422 g/mol. The van der Waals surface area contributed by atoms with Crippen LogP contribution in [0.5, 0.6) is 17.2 Å². The van der Waals surface area contributed by atoms with Crippen molar-refractivity contribution in [2.45, 2.75) is 6.92 Å². The lowest BCUT2D eigenvalue weighted by atomic mass is 10.2. The molecular weight excluding hydrogens is 398 g/mol. The van der Waals surface area contributed by atoms with Crippen molar-refractivity contribution in [2.24, 2.45) is 0 Å². The molecule has 0 unspecified atom stereocenters. The van der Waals surface area contributed by atoms with Crippen molar-refractivity contribution in [2.75, 3.05) is 40.5 Å². The lowest BCUT2D eigenvalue weighted by Gasteiger charge is -2.17. The topological polar surface area (TPSA) is 74.3 Å². The number of ether oxygens (including phenoxy) is 4. The van der Waals surface area contributed by atoms with Crippen LogP contribution in [0.1, 0.15) is 5.56 Å². The second-order valence-electron chi connectivity index (χ2n) is 6.22. The number of carbonyl (C=O) groups is 2. The first-order valence-electron chi connectivity index (χ1n) is 8.94. The molecule has 0 heterocycles. The number of likely N-dealkylation sites (N-methyl/N-ethyl adjacent to an activating group) is 1. The summed E-state index contributed by atoms with van der Waals surface area (Å²) in [7, 11) is 3.13. The van der Waals surface area contributed by atoms with E-state index in [-0.39, 0.29) is 19.1 Å². The molecule has 0 radical (unpaired) electrons. The monoisotopic (exact) mass is 421 g/mol. The minimum Gasteiger partial charge on any atom is -0.493 e. The fourth-order valence-corrected chi connectivity index (χ4v) is 2.41. The van der Waals surface area contributed by atoms with Gasteiger partial charge in [-0.25, -0.2) is 4.79 Å². The summed E-state index contributed by atoms with van der Waals surface area (Å²) in [5, 5.41) is 0.622. The lowest BCUT2D eigenvalue weighted by Crippen LogP contribution is -2.34. The predicted octanol–water partition coefficient (Wildman–Crippen LogP) is 3.12. The second-order valence-corrected chi connectivity index (χ2v) is 6.66. The zero-order chi connectivity index (χ0) is 21.2. The van der Waals surface area contributed by atoms with E-state index in [2.05, 4.69) is 0 Å². The Morgan fingerprint density at radius 2 is 1.72 bits per heavy atom. The van der Waals surface area contributed by atoms with Gasteiger partial charge in [0.25, 0.3) is 5.91 Å². The summed E-state index contributed by atoms with van der Waals surface area (Å²) >= 11 is 5.81. The molecule has 1 amide bonds. The number of halogens is 1. The van der Waals surface area contributed by atoms with E-state index in [0.29, 0.717) is 35.4 Å². The number of aryl methyl sites for hydroxylation is 1. The fraction of sp³-hybridized carbons (Fsp3) is 0.333. The summed E-state index contributed by atoms with van der Waals surface area (Å²) in [6.07, 6.45) is 0. The number of hydrogen-bond acceptors (Lipinski definition) is 6. The molecule has 0 bridgehead atoms. The standard InChI is InChI=1S/C21H24ClNO6/c1-15-4-9-18(19(12-15)26-3)28-14-21(25)29-13-20(24)23(2)10-11-27-17-7-5-16(22)6-8-17/h4-9,12H,10-11,13-14H2,1-3H3. The molecule has 2 aromatic carbocycles. The van der Waals surface area contributed by atoms with Crippen LogP contribution in [0, 0.1) is 6.92 Å². The van der Waals surface area contributed by atoms with Gasteiger partial charge in [-0.3, -0.25) is 4.79 Å². The summed E-state index contributed by atoms with van der Waals surface area (Å²) in [5.41, 5.74) is 1.01. The first-order valence-corrected chi connectivity index (χ1v) is 9.32. The van der Waals surface area contributed by atoms with Crippen molar-refractivity contribution in [3.8, 4) is 17.2 Å². The summed E-state index contributed by atoms with van der Waals surface area (Å²) in [4.78, 5) is 25.3. The van der Waals surface area contributed by atoms with Gasteiger partial charge in [0.2, 0.25) is 0 Å². The largest absolute Gasteiger partial charge is 0.493 e. The van der Waals surface area contributed by atoms with Crippen LogP contribution < -0.4 is 14.2 Å². The van der Waals surface area contributed by atoms with Crippen molar-refractivity contribution in [1.82, 2.24) is 4.90 Å². The molecule has 156 valence electrons. The van der Waals surface area contributed by atoms with Gasteiger partial charge in [0.1, 0.15) is 12.4 Å². The number of rotatable bonds is 10. The Bertz CT molecular complexity index is 824. The molecule has 2 aromatic rings. The zero-order valence-corrected chi connectivity index (χ0v) is 17.4. The van der Waals surface area contributed by atoms with E-state index in [1.165, 1.54) is 12.0 Å². The van der Waals surface area contributed by atoms with Crippen LogP contribution in [-0.4, -0.2) is 57.3 Å². The molecule has 8 heteroatoms. The third-order valence-electron chi connectivity index (χ3n) is 3.96. The number of benzene rings is 2. The molecule has 0 aromatic heterocycles. The van der Waals surface area contributed by atoms with E-state index < -0.39 is 5.97 Å². The third-order valence-corrected chi connectivity index (χ3v) is 4.21. The summed E-state index contributed by atoms with van der Waals surface area (Å²) in [6.45, 7) is 1.87. The van der Waals surface area contributed by atoms with E-state index in [1.807, 2.05) is 13.0 Å².